The lowest BCUT2D eigenvalue weighted by Crippen LogP contribution is -2.52. The van der Waals surface area contributed by atoms with Crippen LogP contribution in [0, 0.1) is 17.3 Å². The van der Waals surface area contributed by atoms with E-state index >= 15 is 0 Å². The topological polar surface area (TPSA) is 65.0 Å². The molecule has 0 aliphatic heterocycles. The summed E-state index contributed by atoms with van der Waals surface area (Å²) in [6.07, 6.45) is -1.12. The van der Waals surface area contributed by atoms with Crippen LogP contribution in [0.15, 0.2) is 0 Å². The first-order valence-electron chi connectivity index (χ1n) is 11.0. The van der Waals surface area contributed by atoms with Crippen molar-refractivity contribution in [2.75, 3.05) is 6.61 Å². The van der Waals surface area contributed by atoms with E-state index in [1.165, 1.54) is 0 Å². The van der Waals surface area contributed by atoms with Gasteiger partial charge in [0.25, 0.3) is 0 Å². The van der Waals surface area contributed by atoms with Gasteiger partial charge in [0.1, 0.15) is 5.78 Å². The minimum Gasteiger partial charge on any atom is -0.413 e. The predicted molar refractivity (Wildman–Crippen MR) is 123 cm³/mol. The van der Waals surface area contributed by atoms with Crippen molar-refractivity contribution in [2.45, 2.75) is 119 Å². The van der Waals surface area contributed by atoms with Crippen molar-refractivity contribution >= 4 is 14.1 Å². The van der Waals surface area contributed by atoms with Crippen LogP contribution in [0.1, 0.15) is 76.2 Å². The van der Waals surface area contributed by atoms with Crippen LogP contribution >= 0.6 is 0 Å². The molecule has 0 aromatic heterocycles. The van der Waals surface area contributed by atoms with Gasteiger partial charge in [-0.05, 0) is 59.7 Å². The van der Waals surface area contributed by atoms with Gasteiger partial charge in [0.15, 0.2) is 14.6 Å². The molecule has 174 valence electrons. The van der Waals surface area contributed by atoms with Crippen molar-refractivity contribution < 1.29 is 23.8 Å². The van der Waals surface area contributed by atoms with Crippen LogP contribution in [0.2, 0.25) is 18.1 Å². The van der Waals surface area contributed by atoms with E-state index < -0.39 is 25.9 Å². The highest BCUT2D eigenvalue weighted by atomic mass is 28.4. The van der Waals surface area contributed by atoms with E-state index in [0.717, 1.165) is 0 Å². The van der Waals surface area contributed by atoms with Gasteiger partial charge in [-0.2, -0.15) is 0 Å². The monoisotopic (exact) mass is 432 g/mol. The van der Waals surface area contributed by atoms with Crippen LogP contribution in [0.3, 0.4) is 0 Å². The van der Waals surface area contributed by atoms with Gasteiger partial charge in [-0.25, -0.2) is 0 Å². The van der Waals surface area contributed by atoms with Gasteiger partial charge in [-0.3, -0.25) is 4.79 Å². The lowest BCUT2D eigenvalue weighted by atomic mass is 9.77. The molecule has 3 atom stereocenters. The molecule has 0 aromatic carbocycles. The van der Waals surface area contributed by atoms with Crippen molar-refractivity contribution in [3.8, 4) is 0 Å². The summed E-state index contributed by atoms with van der Waals surface area (Å²) in [4.78, 5) is 13.7. The molecule has 0 saturated heterocycles. The Balaban J connectivity index is 5.86. The van der Waals surface area contributed by atoms with Crippen molar-refractivity contribution in [1.82, 2.24) is 0 Å². The minimum atomic E-state index is -2.12. The molecule has 0 aliphatic carbocycles. The van der Waals surface area contributed by atoms with E-state index in [1.54, 1.807) is 0 Å². The third-order valence-corrected chi connectivity index (χ3v) is 10.5. The summed E-state index contributed by atoms with van der Waals surface area (Å²) in [6.45, 7) is 26.3. The SMILES string of the molecule is CC(C)OC(OC(C)C)C(C)(C)C(=O)[C@H](C)[C@@H](O[Si](C)(C)C(C)(C)C)[C@@H](C)CO. The number of Topliss-reactive ketones (excluding diaryl/α,β-unsaturated/α-hetero) is 1. The van der Waals surface area contributed by atoms with Crippen LogP contribution in [0.25, 0.3) is 0 Å². The molecule has 6 heteroatoms. The number of carbonyl (C=O) groups is 1. The zero-order chi connectivity index (χ0) is 23.4. The second-order valence-corrected chi connectivity index (χ2v) is 15.8. The van der Waals surface area contributed by atoms with E-state index in [2.05, 4.69) is 33.9 Å². The first-order chi connectivity index (χ1) is 12.9. The highest BCUT2D eigenvalue weighted by Crippen LogP contribution is 2.40. The molecule has 0 saturated carbocycles. The van der Waals surface area contributed by atoms with Gasteiger partial charge < -0.3 is 19.0 Å². The van der Waals surface area contributed by atoms with Crippen LogP contribution in [0.5, 0.6) is 0 Å². The Bertz CT molecular complexity index is 498. The van der Waals surface area contributed by atoms with E-state index in [9.17, 15) is 9.90 Å². The minimum absolute atomic E-state index is 0.0166. The summed E-state index contributed by atoms with van der Waals surface area (Å²) in [5, 5.41) is 9.88. The maximum absolute atomic E-state index is 13.7. The van der Waals surface area contributed by atoms with Crippen molar-refractivity contribution in [3.05, 3.63) is 0 Å². The standard InChI is InChI=1S/C23H48O5Si/c1-15(2)26-21(27-16(3)4)23(10,11)20(25)18(6)19(17(5)14-24)28-29(12,13)22(7,8)9/h15-19,21,24H,14H2,1-13H3/t17-,18+,19-/m0/s1. The fourth-order valence-electron chi connectivity index (χ4n) is 3.05. The molecule has 0 unspecified atom stereocenters. The zero-order valence-corrected chi connectivity index (χ0v) is 22.3. The Hall–Kier alpha value is -0.273. The molecule has 0 spiro atoms. The molecule has 0 heterocycles. The number of hydrogen-bond donors (Lipinski definition) is 1. The fraction of sp³-hybridized carbons (Fsp3) is 0.957. The molecule has 5 nitrogen and oxygen atoms in total. The first-order valence-corrected chi connectivity index (χ1v) is 13.9. The summed E-state index contributed by atoms with van der Waals surface area (Å²) in [7, 11) is -2.12. The van der Waals surface area contributed by atoms with Gasteiger partial charge in [0.2, 0.25) is 0 Å². The summed E-state index contributed by atoms with van der Waals surface area (Å²) in [6, 6.07) is 0. The van der Waals surface area contributed by atoms with Crippen LogP contribution < -0.4 is 0 Å². The van der Waals surface area contributed by atoms with Gasteiger partial charge in [-0.1, -0.05) is 34.6 Å². The number of ether oxygens (including phenoxy) is 2. The summed E-state index contributed by atoms with van der Waals surface area (Å²) >= 11 is 0. The van der Waals surface area contributed by atoms with E-state index in [1.807, 2.05) is 55.4 Å². The molecule has 29 heavy (non-hydrogen) atoms. The number of ketones is 1. The molecule has 0 aliphatic rings. The zero-order valence-electron chi connectivity index (χ0n) is 21.3. The lowest BCUT2D eigenvalue weighted by molar-refractivity contribution is -0.229. The number of carbonyl (C=O) groups excluding carboxylic acids is 1. The summed E-state index contributed by atoms with van der Waals surface area (Å²) < 4.78 is 18.6. The van der Waals surface area contributed by atoms with Crippen molar-refractivity contribution in [3.63, 3.8) is 0 Å². The average Bonchev–Trinajstić information content (AvgIpc) is 2.55. The van der Waals surface area contributed by atoms with Gasteiger partial charge in [0.05, 0.1) is 23.7 Å². The quantitative estimate of drug-likeness (QED) is 0.330. The normalized spacial score (nSPS) is 17.1. The Kier molecular flexibility index (Phi) is 10.7. The average molecular weight is 433 g/mol. The van der Waals surface area contributed by atoms with E-state index in [0.29, 0.717) is 0 Å². The third kappa shape index (κ3) is 8.06. The maximum atomic E-state index is 13.7. The molecule has 0 amide bonds. The Morgan fingerprint density at radius 1 is 0.897 bits per heavy atom. The largest absolute Gasteiger partial charge is 0.413 e. The highest BCUT2D eigenvalue weighted by Gasteiger charge is 2.47. The molecule has 0 fully saturated rings. The lowest BCUT2D eigenvalue weighted by Gasteiger charge is -2.44. The van der Waals surface area contributed by atoms with Crippen molar-refractivity contribution in [1.29, 1.82) is 0 Å². The molecule has 0 aromatic rings. The van der Waals surface area contributed by atoms with Crippen molar-refractivity contribution in [2.24, 2.45) is 17.3 Å². The number of aliphatic hydroxyl groups excluding tert-OH is 1. The highest BCUT2D eigenvalue weighted by molar-refractivity contribution is 6.74. The number of aliphatic hydroxyl groups is 1. The Morgan fingerprint density at radius 3 is 1.62 bits per heavy atom. The first kappa shape index (κ1) is 28.7. The molecular weight excluding hydrogens is 384 g/mol. The fourth-order valence-corrected chi connectivity index (χ4v) is 4.52. The molecular formula is C23H48O5Si. The third-order valence-electron chi connectivity index (χ3n) is 6.01. The van der Waals surface area contributed by atoms with Gasteiger partial charge in [-0.15, -0.1) is 0 Å². The van der Waals surface area contributed by atoms with Crippen LogP contribution in [-0.4, -0.2) is 50.4 Å². The predicted octanol–water partition coefficient (Wildman–Crippen LogP) is 5.41. The van der Waals surface area contributed by atoms with E-state index in [4.69, 9.17) is 13.9 Å². The molecule has 0 radical (unpaired) electrons. The van der Waals surface area contributed by atoms with Gasteiger partial charge >= 0.3 is 0 Å². The smallest absolute Gasteiger partial charge is 0.192 e. The number of hydrogen-bond acceptors (Lipinski definition) is 5. The second kappa shape index (κ2) is 10.8. The molecule has 0 rings (SSSR count). The van der Waals surface area contributed by atoms with E-state index in [-0.39, 0.29) is 41.7 Å². The Labute approximate surface area is 181 Å². The Morgan fingerprint density at radius 2 is 1.31 bits per heavy atom. The summed E-state index contributed by atoms with van der Waals surface area (Å²) in [5.41, 5.74) is -0.849. The van der Waals surface area contributed by atoms with Crippen LogP contribution in [-0.2, 0) is 18.7 Å². The van der Waals surface area contributed by atoms with Gasteiger partial charge in [0, 0.05) is 18.4 Å². The molecule has 1 N–H and O–H groups in total. The maximum Gasteiger partial charge on any atom is 0.192 e. The van der Waals surface area contributed by atoms with Crippen LogP contribution in [0.4, 0.5) is 0 Å². The molecule has 0 bridgehead atoms. The number of rotatable bonds is 12. The summed E-state index contributed by atoms with van der Waals surface area (Å²) in [5.74, 6) is -0.502. The second-order valence-electron chi connectivity index (χ2n) is 11.1.